The molecule has 0 unspecified atom stereocenters. The van der Waals surface area contributed by atoms with E-state index in [1.165, 1.54) is 23.1 Å². The molecule has 1 heterocycles. The molecule has 0 spiro atoms. The fraction of sp³-hybridized carbons (Fsp3) is 0.154. The summed E-state index contributed by atoms with van der Waals surface area (Å²) in [6.45, 7) is 0. The van der Waals surface area contributed by atoms with Gasteiger partial charge in [-0.3, -0.25) is 9.59 Å². The highest BCUT2D eigenvalue weighted by Gasteiger charge is 2.09. The Morgan fingerprint density at radius 1 is 1.30 bits per heavy atom. The minimum atomic E-state index is -0.909. The average molecular weight is 308 g/mol. The van der Waals surface area contributed by atoms with E-state index in [1.807, 2.05) is 30.3 Å². The number of thiazole rings is 1. The van der Waals surface area contributed by atoms with Crippen molar-refractivity contribution in [3.8, 4) is 0 Å². The highest BCUT2D eigenvalue weighted by molar-refractivity contribution is 8.01. The lowest BCUT2D eigenvalue weighted by Gasteiger charge is -2.03. The van der Waals surface area contributed by atoms with Crippen molar-refractivity contribution in [1.29, 1.82) is 0 Å². The van der Waals surface area contributed by atoms with E-state index in [2.05, 4.69) is 10.3 Å². The molecule has 1 amide bonds. The maximum absolute atomic E-state index is 11.7. The standard InChI is InChI=1S/C13H12N2O3S2/c16-11(14-9-4-2-1-3-5-9)8-20-13-15-10(7-19-13)6-12(17)18/h1-5,7H,6,8H2,(H,14,16)(H,17,18). The first-order valence-corrected chi connectivity index (χ1v) is 7.64. The summed E-state index contributed by atoms with van der Waals surface area (Å²) in [5, 5.41) is 13.1. The van der Waals surface area contributed by atoms with E-state index in [-0.39, 0.29) is 18.1 Å². The van der Waals surface area contributed by atoms with Crippen LogP contribution in [0, 0.1) is 0 Å². The quantitative estimate of drug-likeness (QED) is 0.802. The smallest absolute Gasteiger partial charge is 0.309 e. The van der Waals surface area contributed by atoms with Gasteiger partial charge < -0.3 is 10.4 Å². The van der Waals surface area contributed by atoms with Crippen molar-refractivity contribution in [3.63, 3.8) is 0 Å². The lowest BCUT2D eigenvalue weighted by Crippen LogP contribution is -2.13. The van der Waals surface area contributed by atoms with Crippen LogP contribution in [0.25, 0.3) is 0 Å². The predicted molar refractivity (Wildman–Crippen MR) is 79.2 cm³/mol. The van der Waals surface area contributed by atoms with Gasteiger partial charge in [-0.05, 0) is 12.1 Å². The normalized spacial score (nSPS) is 10.2. The lowest BCUT2D eigenvalue weighted by molar-refractivity contribution is -0.136. The molecule has 0 aliphatic carbocycles. The Morgan fingerprint density at radius 2 is 2.05 bits per heavy atom. The molecule has 0 saturated carbocycles. The van der Waals surface area contributed by atoms with Gasteiger partial charge in [0.1, 0.15) is 0 Å². The SMILES string of the molecule is O=C(O)Cc1csc(SCC(=O)Nc2ccccc2)n1. The van der Waals surface area contributed by atoms with Gasteiger partial charge in [0.2, 0.25) is 5.91 Å². The Labute approximate surface area is 124 Å². The topological polar surface area (TPSA) is 79.3 Å². The molecule has 2 aromatic rings. The molecule has 0 radical (unpaired) electrons. The van der Waals surface area contributed by atoms with E-state index in [1.54, 1.807) is 5.38 Å². The molecule has 0 bridgehead atoms. The van der Waals surface area contributed by atoms with Gasteiger partial charge in [-0.15, -0.1) is 11.3 Å². The highest BCUT2D eigenvalue weighted by atomic mass is 32.2. The molecule has 0 aliphatic rings. The van der Waals surface area contributed by atoms with Crippen LogP contribution in [0.15, 0.2) is 40.1 Å². The van der Waals surface area contributed by atoms with E-state index in [0.717, 1.165) is 5.69 Å². The Morgan fingerprint density at radius 3 is 2.75 bits per heavy atom. The van der Waals surface area contributed by atoms with Crippen molar-refractivity contribution < 1.29 is 14.7 Å². The van der Waals surface area contributed by atoms with Gasteiger partial charge in [-0.1, -0.05) is 30.0 Å². The summed E-state index contributed by atoms with van der Waals surface area (Å²) in [5.74, 6) is -0.778. The zero-order valence-corrected chi connectivity index (χ0v) is 12.0. The van der Waals surface area contributed by atoms with Crippen LogP contribution >= 0.6 is 23.1 Å². The molecular formula is C13H12N2O3S2. The highest BCUT2D eigenvalue weighted by Crippen LogP contribution is 2.23. The van der Waals surface area contributed by atoms with Crippen LogP contribution in [0.5, 0.6) is 0 Å². The monoisotopic (exact) mass is 308 g/mol. The number of thioether (sulfide) groups is 1. The van der Waals surface area contributed by atoms with Crippen molar-refractivity contribution in [2.24, 2.45) is 0 Å². The number of carboxylic acids is 1. The second-order valence-corrected chi connectivity index (χ2v) is 5.96. The van der Waals surface area contributed by atoms with Crippen molar-refractivity contribution in [2.75, 3.05) is 11.1 Å². The third-order valence-electron chi connectivity index (χ3n) is 2.25. The number of nitrogens with zero attached hydrogens (tertiary/aromatic N) is 1. The first-order chi connectivity index (χ1) is 9.63. The largest absolute Gasteiger partial charge is 0.481 e. The number of nitrogens with one attached hydrogen (secondary N) is 1. The van der Waals surface area contributed by atoms with Crippen LogP contribution in [0.1, 0.15) is 5.69 Å². The molecule has 5 nitrogen and oxygen atoms in total. The maximum Gasteiger partial charge on any atom is 0.309 e. The van der Waals surface area contributed by atoms with Crippen LogP contribution in [-0.4, -0.2) is 27.7 Å². The molecule has 0 aliphatic heterocycles. The second kappa shape index (κ2) is 7.06. The van der Waals surface area contributed by atoms with E-state index >= 15 is 0 Å². The molecule has 7 heteroatoms. The fourth-order valence-corrected chi connectivity index (χ4v) is 3.08. The minimum Gasteiger partial charge on any atom is -0.481 e. The zero-order chi connectivity index (χ0) is 14.4. The van der Waals surface area contributed by atoms with Crippen LogP contribution in [0.4, 0.5) is 5.69 Å². The average Bonchev–Trinajstić information content (AvgIpc) is 2.84. The number of carbonyl (C=O) groups is 2. The maximum atomic E-state index is 11.7. The molecule has 0 atom stereocenters. The number of benzene rings is 1. The van der Waals surface area contributed by atoms with E-state index < -0.39 is 5.97 Å². The zero-order valence-electron chi connectivity index (χ0n) is 10.4. The van der Waals surface area contributed by atoms with E-state index in [4.69, 9.17) is 5.11 Å². The number of aromatic nitrogens is 1. The van der Waals surface area contributed by atoms with Crippen molar-refractivity contribution >= 4 is 40.7 Å². The van der Waals surface area contributed by atoms with Gasteiger partial charge in [0.25, 0.3) is 0 Å². The van der Waals surface area contributed by atoms with Gasteiger partial charge in [0, 0.05) is 11.1 Å². The summed E-state index contributed by atoms with van der Waals surface area (Å²) in [4.78, 5) is 26.4. The van der Waals surface area contributed by atoms with Gasteiger partial charge in [-0.2, -0.15) is 0 Å². The predicted octanol–water partition coefficient (Wildman–Crippen LogP) is 2.50. The number of amides is 1. The molecular weight excluding hydrogens is 296 g/mol. The van der Waals surface area contributed by atoms with Gasteiger partial charge >= 0.3 is 5.97 Å². The minimum absolute atomic E-state index is 0.0900. The van der Waals surface area contributed by atoms with Crippen molar-refractivity contribution in [2.45, 2.75) is 10.8 Å². The number of anilines is 1. The fourth-order valence-electron chi connectivity index (χ4n) is 1.44. The summed E-state index contributed by atoms with van der Waals surface area (Å²) in [5.41, 5.74) is 1.28. The first kappa shape index (κ1) is 14.5. The summed E-state index contributed by atoms with van der Waals surface area (Å²) in [7, 11) is 0. The van der Waals surface area contributed by atoms with Gasteiger partial charge in [0.15, 0.2) is 4.34 Å². The molecule has 1 aromatic carbocycles. The van der Waals surface area contributed by atoms with Gasteiger partial charge in [-0.25, -0.2) is 4.98 Å². The van der Waals surface area contributed by atoms with Crippen LogP contribution in [-0.2, 0) is 16.0 Å². The number of carbonyl (C=O) groups excluding carboxylic acids is 1. The number of hydrogen-bond acceptors (Lipinski definition) is 5. The number of aliphatic carboxylic acids is 1. The summed E-state index contributed by atoms with van der Waals surface area (Å²) < 4.78 is 0.699. The van der Waals surface area contributed by atoms with E-state index in [0.29, 0.717) is 10.0 Å². The van der Waals surface area contributed by atoms with Crippen molar-refractivity contribution in [1.82, 2.24) is 4.98 Å². The lowest BCUT2D eigenvalue weighted by atomic mass is 10.3. The Balaban J connectivity index is 1.81. The number of para-hydroxylation sites is 1. The number of rotatable bonds is 6. The Kier molecular flexibility index (Phi) is 5.14. The Bertz CT molecular complexity index is 599. The molecule has 0 saturated heterocycles. The molecule has 0 fully saturated rings. The van der Waals surface area contributed by atoms with Gasteiger partial charge in [0.05, 0.1) is 17.9 Å². The molecule has 2 rings (SSSR count). The summed E-state index contributed by atoms with van der Waals surface area (Å²) in [6.07, 6.45) is -0.0900. The van der Waals surface area contributed by atoms with E-state index in [9.17, 15) is 9.59 Å². The molecule has 104 valence electrons. The van der Waals surface area contributed by atoms with Crippen LogP contribution in [0.3, 0.4) is 0 Å². The van der Waals surface area contributed by atoms with Crippen LogP contribution in [0.2, 0.25) is 0 Å². The summed E-state index contributed by atoms with van der Waals surface area (Å²) >= 11 is 2.65. The molecule has 20 heavy (non-hydrogen) atoms. The third kappa shape index (κ3) is 4.67. The summed E-state index contributed by atoms with van der Waals surface area (Å²) in [6, 6.07) is 9.21. The third-order valence-corrected chi connectivity index (χ3v) is 4.32. The number of carboxylic acid groups (broad SMARTS) is 1. The molecule has 1 aromatic heterocycles. The van der Waals surface area contributed by atoms with Crippen LogP contribution < -0.4 is 5.32 Å². The Hall–Kier alpha value is -1.86. The second-order valence-electron chi connectivity index (χ2n) is 3.88. The molecule has 2 N–H and O–H groups in total. The first-order valence-electron chi connectivity index (χ1n) is 5.77. The van der Waals surface area contributed by atoms with Crippen molar-refractivity contribution in [3.05, 3.63) is 41.4 Å². The number of hydrogen-bond donors (Lipinski definition) is 2.